The summed E-state index contributed by atoms with van der Waals surface area (Å²) in [7, 11) is 0. The van der Waals surface area contributed by atoms with Crippen molar-refractivity contribution in [1.29, 1.82) is 0 Å². The molecule has 19 heavy (non-hydrogen) atoms. The Labute approximate surface area is 122 Å². The molecule has 1 rings (SSSR count). The first-order chi connectivity index (χ1) is 8.65. The van der Waals surface area contributed by atoms with Gasteiger partial charge in [0.15, 0.2) is 5.78 Å². The molecule has 0 saturated heterocycles. The number of aliphatic hydroxyl groups excluding tert-OH is 1. The topological polar surface area (TPSA) is 66.8 Å². The van der Waals surface area contributed by atoms with Crippen LogP contribution in [0.1, 0.15) is 20.8 Å². The lowest BCUT2D eigenvalue weighted by Crippen LogP contribution is -2.45. The van der Waals surface area contributed by atoms with E-state index >= 15 is 0 Å². The smallest absolute Gasteiger partial charge is 0.411 e. The highest BCUT2D eigenvalue weighted by Crippen LogP contribution is 2.21. The Bertz CT molecular complexity index is 451. The molecule has 0 bridgehead atoms. The van der Waals surface area contributed by atoms with Crippen molar-refractivity contribution in [2.24, 2.45) is 0 Å². The molecule has 0 spiro atoms. The molecule has 5 nitrogen and oxygen atoms in total. The molecule has 1 heterocycles. The summed E-state index contributed by atoms with van der Waals surface area (Å²) in [5.41, 5.74) is -0.504. The first kappa shape index (κ1) is 16.0. The summed E-state index contributed by atoms with van der Waals surface area (Å²) >= 11 is 6.23. The second-order valence-electron chi connectivity index (χ2n) is 5.07. The highest BCUT2D eigenvalue weighted by Gasteiger charge is 2.32. The maximum atomic E-state index is 11.9. The van der Waals surface area contributed by atoms with E-state index < -0.39 is 11.7 Å². The third kappa shape index (κ3) is 4.21. The minimum atomic E-state index is -0.645. The van der Waals surface area contributed by atoms with E-state index in [-0.39, 0.29) is 30.2 Å². The number of ketones is 1. The lowest BCUT2D eigenvalue weighted by atomic mass is 10.1. The first-order valence-electron chi connectivity index (χ1n) is 5.67. The number of nitrogens with zero attached hydrogens (tertiary/aromatic N) is 1. The Morgan fingerprint density at radius 3 is 2.42 bits per heavy atom. The number of rotatable bonds is 1. The van der Waals surface area contributed by atoms with Crippen molar-refractivity contribution < 1.29 is 19.4 Å². The molecule has 0 unspecified atom stereocenters. The highest BCUT2D eigenvalue weighted by molar-refractivity contribution is 8.23. The predicted octanol–water partition coefficient (Wildman–Crippen LogP) is 2.31. The lowest BCUT2D eigenvalue weighted by molar-refractivity contribution is -0.117. The minimum Gasteiger partial charge on any atom is -0.510 e. The fourth-order valence-corrected chi connectivity index (χ4v) is 2.19. The van der Waals surface area contributed by atoms with Crippen LogP contribution >= 0.6 is 24.0 Å². The molecule has 106 valence electrons. The highest BCUT2D eigenvalue weighted by atomic mass is 32.2. The van der Waals surface area contributed by atoms with Crippen molar-refractivity contribution in [3.8, 4) is 0 Å². The standard InChI is InChI=1S/C12H17NO4S2/c1-12(2,3)17-11(16)13-5-7(14)9(8(15)6-13)10(18)19-4/h14H,5-6H2,1-4H3. The number of aliphatic hydroxyl groups is 1. The van der Waals surface area contributed by atoms with Crippen LogP contribution in [0.15, 0.2) is 11.3 Å². The van der Waals surface area contributed by atoms with Gasteiger partial charge >= 0.3 is 6.09 Å². The van der Waals surface area contributed by atoms with E-state index in [9.17, 15) is 14.7 Å². The van der Waals surface area contributed by atoms with Gasteiger partial charge in [-0.1, -0.05) is 12.2 Å². The second kappa shape index (κ2) is 5.92. The lowest BCUT2D eigenvalue weighted by Gasteiger charge is -2.30. The summed E-state index contributed by atoms with van der Waals surface area (Å²) in [6.07, 6.45) is 1.11. The molecule has 1 N–H and O–H groups in total. The van der Waals surface area contributed by atoms with Crippen LogP contribution in [0.25, 0.3) is 0 Å². The molecule has 0 radical (unpaired) electrons. The molecular formula is C12H17NO4S2. The van der Waals surface area contributed by atoms with Crippen LogP contribution in [0.5, 0.6) is 0 Å². The van der Waals surface area contributed by atoms with E-state index in [2.05, 4.69) is 0 Å². The number of carbonyl (C=O) groups excluding carboxylic acids is 2. The molecule has 1 aliphatic rings. The van der Waals surface area contributed by atoms with Gasteiger partial charge < -0.3 is 9.84 Å². The Morgan fingerprint density at radius 1 is 1.42 bits per heavy atom. The van der Waals surface area contributed by atoms with Gasteiger partial charge in [0, 0.05) is 0 Å². The van der Waals surface area contributed by atoms with Gasteiger partial charge in [0.05, 0.1) is 22.9 Å². The fraction of sp³-hybridized carbons (Fsp3) is 0.583. The maximum absolute atomic E-state index is 11.9. The number of ether oxygens (including phenoxy) is 1. The SMILES string of the molecule is CSC(=S)C1=C(O)CN(C(=O)OC(C)(C)C)CC1=O. The number of carbonyl (C=O) groups is 2. The molecule has 1 amide bonds. The Balaban J connectivity index is 2.87. The van der Waals surface area contributed by atoms with Crippen LogP contribution in [-0.2, 0) is 9.53 Å². The van der Waals surface area contributed by atoms with E-state index in [0.29, 0.717) is 4.20 Å². The van der Waals surface area contributed by atoms with E-state index in [1.54, 1.807) is 27.0 Å². The molecule has 0 aliphatic carbocycles. The Kier molecular flexibility index (Phi) is 4.98. The van der Waals surface area contributed by atoms with Crippen molar-refractivity contribution in [1.82, 2.24) is 4.90 Å². The van der Waals surface area contributed by atoms with Gasteiger partial charge in [-0.15, -0.1) is 11.8 Å². The summed E-state index contributed by atoms with van der Waals surface area (Å²) in [5.74, 6) is -0.546. The zero-order valence-corrected chi connectivity index (χ0v) is 13.0. The van der Waals surface area contributed by atoms with Crippen molar-refractivity contribution >= 4 is 40.1 Å². The third-order valence-corrected chi connectivity index (χ3v) is 3.56. The van der Waals surface area contributed by atoms with Crippen LogP contribution in [0, 0.1) is 0 Å². The van der Waals surface area contributed by atoms with Crippen LogP contribution in [0.2, 0.25) is 0 Å². The zero-order chi connectivity index (χ0) is 14.8. The molecule has 1 aliphatic heterocycles. The van der Waals surface area contributed by atoms with Gasteiger partial charge in [-0.25, -0.2) is 4.79 Å². The van der Waals surface area contributed by atoms with Crippen molar-refractivity contribution in [2.75, 3.05) is 19.3 Å². The van der Waals surface area contributed by atoms with Crippen LogP contribution in [0.4, 0.5) is 4.79 Å². The minimum absolute atomic E-state index is 0.0588. The molecule has 0 atom stereocenters. The largest absolute Gasteiger partial charge is 0.510 e. The quantitative estimate of drug-likeness (QED) is 0.750. The monoisotopic (exact) mass is 303 g/mol. The summed E-state index contributed by atoms with van der Waals surface area (Å²) in [6, 6.07) is 0. The van der Waals surface area contributed by atoms with E-state index in [1.165, 1.54) is 11.8 Å². The second-order valence-corrected chi connectivity index (χ2v) is 6.56. The van der Waals surface area contributed by atoms with Gasteiger partial charge in [0.2, 0.25) is 0 Å². The van der Waals surface area contributed by atoms with Gasteiger partial charge in [0.25, 0.3) is 0 Å². The average molecular weight is 303 g/mol. The number of amides is 1. The van der Waals surface area contributed by atoms with Gasteiger partial charge in [0.1, 0.15) is 11.4 Å². The van der Waals surface area contributed by atoms with Crippen LogP contribution < -0.4 is 0 Å². The first-order valence-corrected chi connectivity index (χ1v) is 7.30. The zero-order valence-electron chi connectivity index (χ0n) is 11.3. The van der Waals surface area contributed by atoms with Crippen LogP contribution in [0.3, 0.4) is 0 Å². The van der Waals surface area contributed by atoms with E-state index in [0.717, 1.165) is 4.90 Å². The summed E-state index contributed by atoms with van der Waals surface area (Å²) < 4.78 is 5.50. The van der Waals surface area contributed by atoms with Gasteiger partial charge in [-0.05, 0) is 27.0 Å². The Hall–Kier alpha value is -1.08. The number of hydrogen-bond acceptors (Lipinski definition) is 6. The summed E-state index contributed by atoms with van der Waals surface area (Å²) in [6.45, 7) is 5.02. The Morgan fingerprint density at radius 2 is 2.00 bits per heavy atom. The number of thioether (sulfide) groups is 1. The summed E-state index contributed by atoms with van der Waals surface area (Å²) in [5, 5.41) is 9.87. The van der Waals surface area contributed by atoms with E-state index in [1.807, 2.05) is 0 Å². The predicted molar refractivity (Wildman–Crippen MR) is 78.6 cm³/mol. The normalized spacial score (nSPS) is 16.6. The number of Topliss-reactive ketones (excluding diaryl/α,β-unsaturated/α-hetero) is 1. The van der Waals surface area contributed by atoms with Crippen molar-refractivity contribution in [2.45, 2.75) is 26.4 Å². The summed E-state index contributed by atoms with van der Waals surface area (Å²) in [4.78, 5) is 24.9. The molecule has 0 saturated carbocycles. The third-order valence-electron chi connectivity index (χ3n) is 2.28. The van der Waals surface area contributed by atoms with Gasteiger partial charge in [-0.3, -0.25) is 9.69 Å². The number of thiocarbonyl (C=S) groups is 1. The van der Waals surface area contributed by atoms with Gasteiger partial charge in [-0.2, -0.15) is 0 Å². The van der Waals surface area contributed by atoms with Crippen molar-refractivity contribution in [3.05, 3.63) is 11.3 Å². The number of hydrogen-bond donors (Lipinski definition) is 1. The van der Waals surface area contributed by atoms with Crippen molar-refractivity contribution in [3.63, 3.8) is 0 Å². The van der Waals surface area contributed by atoms with Crippen LogP contribution in [-0.4, -0.2) is 51.0 Å². The average Bonchev–Trinajstić information content (AvgIpc) is 2.25. The maximum Gasteiger partial charge on any atom is 0.411 e. The molecule has 0 aromatic heterocycles. The molecule has 0 aromatic carbocycles. The van der Waals surface area contributed by atoms with E-state index in [4.69, 9.17) is 17.0 Å². The molecule has 7 heteroatoms. The molecule has 0 fully saturated rings. The fourth-order valence-electron chi connectivity index (χ4n) is 1.52. The molecule has 0 aromatic rings. The molecular weight excluding hydrogens is 286 g/mol.